The van der Waals surface area contributed by atoms with Gasteiger partial charge in [0.05, 0.1) is 25.5 Å². The maximum atomic E-state index is 13.5. The number of ether oxygens (including phenoxy) is 1. The first-order valence-corrected chi connectivity index (χ1v) is 10.6. The molecule has 6 nitrogen and oxygen atoms in total. The molecule has 0 radical (unpaired) electrons. The summed E-state index contributed by atoms with van der Waals surface area (Å²) < 4.78 is 4.86. The molecule has 0 spiro atoms. The lowest BCUT2D eigenvalue weighted by molar-refractivity contribution is -0.146. The van der Waals surface area contributed by atoms with E-state index in [9.17, 15) is 14.4 Å². The van der Waals surface area contributed by atoms with Crippen LogP contribution < -0.4 is 0 Å². The Bertz CT molecular complexity index is 928. The average Bonchev–Trinajstić information content (AvgIpc) is 2.78. The molecule has 0 aromatic heterocycles. The first kappa shape index (κ1) is 22.5. The summed E-state index contributed by atoms with van der Waals surface area (Å²) >= 11 is 0. The van der Waals surface area contributed by atoms with Crippen LogP contribution in [0.1, 0.15) is 43.0 Å². The third-order valence-corrected chi connectivity index (χ3v) is 5.85. The number of carbonyl (C=O) groups is 3. The lowest BCUT2D eigenvalue weighted by Gasteiger charge is -2.37. The molecule has 1 aliphatic heterocycles. The summed E-state index contributed by atoms with van der Waals surface area (Å²) in [6.07, 6.45) is 0.963. The monoisotopic (exact) mass is 422 g/mol. The largest absolute Gasteiger partial charge is 0.469 e. The highest BCUT2D eigenvalue weighted by molar-refractivity contribution is 5.80. The van der Waals surface area contributed by atoms with E-state index < -0.39 is 5.92 Å². The molecule has 2 atom stereocenters. The van der Waals surface area contributed by atoms with Crippen molar-refractivity contribution in [1.82, 2.24) is 9.80 Å². The summed E-state index contributed by atoms with van der Waals surface area (Å²) in [5.41, 5.74) is 3.19. The Hall–Kier alpha value is -3.15. The van der Waals surface area contributed by atoms with Gasteiger partial charge < -0.3 is 14.5 Å². The molecule has 2 aromatic rings. The van der Waals surface area contributed by atoms with Gasteiger partial charge in [0.2, 0.25) is 11.8 Å². The third-order valence-electron chi connectivity index (χ3n) is 5.85. The molecule has 2 aromatic carbocycles. The van der Waals surface area contributed by atoms with Crippen molar-refractivity contribution in [3.05, 3.63) is 71.3 Å². The molecular weight excluding hydrogens is 392 g/mol. The zero-order chi connectivity index (χ0) is 22.4. The van der Waals surface area contributed by atoms with Crippen LogP contribution in [0.4, 0.5) is 0 Å². The molecule has 0 N–H and O–H groups in total. The standard InChI is InChI=1S/C25H30N2O4/c1-18(25(30)31-3)16-26(17-20-9-5-4-6-10-20)24(29)15-23-22-12-8-7-11-21(22)13-14-27(23)19(2)28/h4-12,18,23H,13-17H2,1-3H3. The van der Waals surface area contributed by atoms with Crippen LogP contribution in [0.25, 0.3) is 0 Å². The molecule has 0 fully saturated rings. The molecule has 0 saturated carbocycles. The minimum absolute atomic E-state index is 0.0372. The molecule has 0 bridgehead atoms. The predicted octanol–water partition coefficient (Wildman–Crippen LogP) is 3.36. The highest BCUT2D eigenvalue weighted by Crippen LogP contribution is 2.33. The maximum absolute atomic E-state index is 13.5. The quantitative estimate of drug-likeness (QED) is 0.642. The number of nitrogens with zero attached hydrogens (tertiary/aromatic N) is 2. The van der Waals surface area contributed by atoms with Crippen LogP contribution in [0, 0.1) is 5.92 Å². The van der Waals surface area contributed by atoms with Crippen LogP contribution in [-0.2, 0) is 32.1 Å². The van der Waals surface area contributed by atoms with Gasteiger partial charge >= 0.3 is 5.97 Å². The molecule has 1 heterocycles. The van der Waals surface area contributed by atoms with Crippen molar-refractivity contribution in [2.75, 3.05) is 20.2 Å². The van der Waals surface area contributed by atoms with Crippen molar-refractivity contribution >= 4 is 17.8 Å². The van der Waals surface area contributed by atoms with Crippen LogP contribution in [0.5, 0.6) is 0 Å². The van der Waals surface area contributed by atoms with Gasteiger partial charge in [0.1, 0.15) is 0 Å². The Morgan fingerprint density at radius 1 is 1.10 bits per heavy atom. The van der Waals surface area contributed by atoms with Crippen molar-refractivity contribution in [1.29, 1.82) is 0 Å². The second-order valence-corrected chi connectivity index (χ2v) is 8.07. The summed E-state index contributed by atoms with van der Waals surface area (Å²) in [5, 5.41) is 0. The van der Waals surface area contributed by atoms with Crippen molar-refractivity contribution in [2.45, 2.75) is 39.3 Å². The highest BCUT2D eigenvalue weighted by atomic mass is 16.5. The van der Waals surface area contributed by atoms with Gasteiger partial charge in [0.25, 0.3) is 0 Å². The SMILES string of the molecule is COC(=O)C(C)CN(Cc1ccccc1)C(=O)CC1c2ccccc2CCN1C(C)=O. The fourth-order valence-electron chi connectivity index (χ4n) is 4.21. The van der Waals surface area contributed by atoms with Gasteiger partial charge in [-0.2, -0.15) is 0 Å². The number of rotatable bonds is 7. The first-order chi connectivity index (χ1) is 14.9. The summed E-state index contributed by atoms with van der Waals surface area (Å²) in [7, 11) is 1.35. The normalized spacial score (nSPS) is 16.2. The molecule has 6 heteroatoms. The van der Waals surface area contributed by atoms with Crippen molar-refractivity contribution in [3.8, 4) is 0 Å². The Labute approximate surface area is 183 Å². The molecule has 0 saturated heterocycles. The molecule has 3 rings (SSSR count). The summed E-state index contributed by atoms with van der Waals surface area (Å²) in [6, 6.07) is 17.4. The van der Waals surface area contributed by atoms with Gasteiger partial charge in [-0.05, 0) is 23.1 Å². The number of carbonyl (C=O) groups excluding carboxylic acids is 3. The molecule has 2 amide bonds. The van der Waals surface area contributed by atoms with Gasteiger partial charge in [-0.15, -0.1) is 0 Å². The Balaban J connectivity index is 1.85. The van der Waals surface area contributed by atoms with E-state index in [0.717, 1.165) is 17.5 Å². The number of methoxy groups -OCH3 is 1. The molecule has 1 aliphatic rings. The number of benzene rings is 2. The van der Waals surface area contributed by atoms with Crippen LogP contribution in [-0.4, -0.2) is 47.8 Å². The Morgan fingerprint density at radius 3 is 2.45 bits per heavy atom. The highest BCUT2D eigenvalue weighted by Gasteiger charge is 2.32. The predicted molar refractivity (Wildman–Crippen MR) is 118 cm³/mol. The molecule has 2 unspecified atom stereocenters. The van der Waals surface area contributed by atoms with Gasteiger partial charge in [-0.25, -0.2) is 0 Å². The topological polar surface area (TPSA) is 66.9 Å². The zero-order valence-corrected chi connectivity index (χ0v) is 18.4. The number of esters is 1. The van der Waals surface area contributed by atoms with Crippen molar-refractivity contribution in [3.63, 3.8) is 0 Å². The fraction of sp³-hybridized carbons (Fsp3) is 0.400. The molecular formula is C25H30N2O4. The average molecular weight is 423 g/mol. The van der Waals surface area contributed by atoms with E-state index in [1.54, 1.807) is 23.6 Å². The number of hydrogen-bond donors (Lipinski definition) is 0. The van der Waals surface area contributed by atoms with Crippen LogP contribution >= 0.6 is 0 Å². The van der Waals surface area contributed by atoms with E-state index in [0.29, 0.717) is 13.1 Å². The second kappa shape index (κ2) is 10.2. The molecule has 0 aliphatic carbocycles. The second-order valence-electron chi connectivity index (χ2n) is 8.07. The van der Waals surface area contributed by atoms with E-state index in [2.05, 4.69) is 6.07 Å². The number of amides is 2. The lowest BCUT2D eigenvalue weighted by atomic mass is 9.90. The van der Waals surface area contributed by atoms with E-state index in [1.165, 1.54) is 12.7 Å². The van der Waals surface area contributed by atoms with Gasteiger partial charge in [-0.3, -0.25) is 14.4 Å². The minimum atomic E-state index is -0.444. The smallest absolute Gasteiger partial charge is 0.310 e. The maximum Gasteiger partial charge on any atom is 0.310 e. The fourth-order valence-corrected chi connectivity index (χ4v) is 4.21. The van der Waals surface area contributed by atoms with Crippen molar-refractivity contribution < 1.29 is 19.1 Å². The molecule has 31 heavy (non-hydrogen) atoms. The van der Waals surface area contributed by atoms with Crippen molar-refractivity contribution in [2.24, 2.45) is 5.92 Å². The summed E-state index contributed by atoms with van der Waals surface area (Å²) in [6.45, 7) is 4.56. The van der Waals surface area contributed by atoms with E-state index >= 15 is 0 Å². The Kier molecular flexibility index (Phi) is 7.45. The van der Waals surface area contributed by atoms with E-state index in [-0.39, 0.29) is 36.8 Å². The van der Waals surface area contributed by atoms with Gasteiger partial charge in [0.15, 0.2) is 0 Å². The zero-order valence-electron chi connectivity index (χ0n) is 18.4. The summed E-state index contributed by atoms with van der Waals surface area (Å²) in [5.74, 6) is -0.920. The van der Waals surface area contributed by atoms with Crippen LogP contribution in [0.3, 0.4) is 0 Å². The number of fused-ring (bicyclic) bond motifs is 1. The molecule has 164 valence electrons. The first-order valence-electron chi connectivity index (χ1n) is 10.6. The van der Waals surface area contributed by atoms with Gasteiger partial charge in [-0.1, -0.05) is 61.5 Å². The van der Waals surface area contributed by atoms with Gasteiger partial charge in [0, 0.05) is 26.6 Å². The van der Waals surface area contributed by atoms with Crippen LogP contribution in [0.15, 0.2) is 54.6 Å². The minimum Gasteiger partial charge on any atom is -0.469 e. The van der Waals surface area contributed by atoms with E-state index in [1.807, 2.05) is 48.5 Å². The third kappa shape index (κ3) is 5.51. The van der Waals surface area contributed by atoms with E-state index in [4.69, 9.17) is 4.74 Å². The lowest BCUT2D eigenvalue weighted by Crippen LogP contribution is -2.43. The summed E-state index contributed by atoms with van der Waals surface area (Å²) in [4.78, 5) is 41.3. The number of hydrogen-bond acceptors (Lipinski definition) is 4. The van der Waals surface area contributed by atoms with Crippen LogP contribution in [0.2, 0.25) is 0 Å². The Morgan fingerprint density at radius 2 is 1.77 bits per heavy atom.